The van der Waals surface area contributed by atoms with Crippen LogP contribution in [-0.4, -0.2) is 41.2 Å². The number of anilines is 1. The van der Waals surface area contributed by atoms with Crippen LogP contribution in [0.5, 0.6) is 0 Å². The first kappa shape index (κ1) is 19.4. The van der Waals surface area contributed by atoms with Crippen LogP contribution in [0.3, 0.4) is 0 Å². The molecule has 0 aromatic heterocycles. The summed E-state index contributed by atoms with van der Waals surface area (Å²) in [6.45, 7) is 0.992. The Kier molecular flexibility index (Phi) is 5.22. The molecular weight excluding hydrogens is 372 g/mol. The predicted molar refractivity (Wildman–Crippen MR) is 105 cm³/mol. The maximum atomic E-state index is 12.6. The highest BCUT2D eigenvalue weighted by Gasteiger charge is 2.50. The molecule has 1 aromatic carbocycles. The van der Waals surface area contributed by atoms with E-state index in [9.17, 15) is 19.2 Å². The summed E-state index contributed by atoms with van der Waals surface area (Å²) in [5.41, 5.74) is 3.20. The highest BCUT2D eigenvalue weighted by Crippen LogP contribution is 2.36. The Hall–Kier alpha value is -2.96. The third-order valence-electron chi connectivity index (χ3n) is 6.00. The summed E-state index contributed by atoms with van der Waals surface area (Å²) in [6, 6.07) is 4.74. The van der Waals surface area contributed by atoms with Gasteiger partial charge in [0.1, 0.15) is 6.04 Å². The van der Waals surface area contributed by atoms with Gasteiger partial charge in [-0.2, -0.15) is 0 Å². The summed E-state index contributed by atoms with van der Waals surface area (Å²) >= 11 is 0. The van der Waals surface area contributed by atoms with Gasteiger partial charge in [-0.15, -0.1) is 0 Å². The zero-order valence-electron chi connectivity index (χ0n) is 16.3. The Labute approximate surface area is 169 Å². The summed E-state index contributed by atoms with van der Waals surface area (Å²) in [6.07, 6.45) is 7.98. The quantitative estimate of drug-likeness (QED) is 0.467. The molecule has 1 fully saturated rings. The molecule has 29 heavy (non-hydrogen) atoms. The number of aryl methyl sites for hydroxylation is 2. The van der Waals surface area contributed by atoms with E-state index in [2.05, 4.69) is 5.32 Å². The Morgan fingerprint density at radius 2 is 1.76 bits per heavy atom. The maximum absolute atomic E-state index is 12.6. The number of hydrogen-bond acceptors (Lipinski definition) is 5. The van der Waals surface area contributed by atoms with Crippen molar-refractivity contribution in [1.29, 1.82) is 0 Å². The van der Waals surface area contributed by atoms with Crippen LogP contribution in [0.2, 0.25) is 0 Å². The largest absolute Gasteiger partial charge is 0.454 e. The number of amides is 3. The van der Waals surface area contributed by atoms with Gasteiger partial charge in [0.25, 0.3) is 5.91 Å². The number of allylic oxidation sites excluding steroid dienone is 2. The van der Waals surface area contributed by atoms with E-state index < -0.39 is 36.4 Å². The Balaban J connectivity index is 1.31. The fraction of sp³-hybridized carbons (Fsp3) is 0.455. The molecule has 7 heteroatoms. The van der Waals surface area contributed by atoms with Crippen LogP contribution in [0.4, 0.5) is 5.69 Å². The number of esters is 1. The van der Waals surface area contributed by atoms with Gasteiger partial charge in [0, 0.05) is 5.69 Å². The third kappa shape index (κ3) is 3.69. The summed E-state index contributed by atoms with van der Waals surface area (Å²) < 4.78 is 5.08. The summed E-state index contributed by atoms with van der Waals surface area (Å²) in [5, 5.41) is 2.72. The molecule has 152 valence electrons. The van der Waals surface area contributed by atoms with Crippen LogP contribution >= 0.6 is 0 Å². The van der Waals surface area contributed by atoms with Gasteiger partial charge in [-0.1, -0.05) is 18.2 Å². The number of nitrogens with one attached hydrogen (secondary N) is 1. The second-order valence-electron chi connectivity index (χ2n) is 7.87. The lowest BCUT2D eigenvalue weighted by atomic mass is 9.85. The molecule has 0 spiro atoms. The fourth-order valence-corrected chi connectivity index (χ4v) is 4.42. The van der Waals surface area contributed by atoms with Gasteiger partial charge in [-0.3, -0.25) is 19.3 Å². The molecule has 4 rings (SSSR count). The van der Waals surface area contributed by atoms with Crippen molar-refractivity contribution < 1.29 is 23.9 Å². The van der Waals surface area contributed by atoms with Gasteiger partial charge in [-0.05, 0) is 62.3 Å². The van der Waals surface area contributed by atoms with Crippen molar-refractivity contribution in [2.45, 2.75) is 45.1 Å². The molecule has 3 amide bonds. The van der Waals surface area contributed by atoms with Crippen molar-refractivity contribution in [2.75, 3.05) is 11.9 Å². The van der Waals surface area contributed by atoms with Crippen LogP contribution in [-0.2, 0) is 36.8 Å². The second kappa shape index (κ2) is 7.81. The van der Waals surface area contributed by atoms with Crippen molar-refractivity contribution in [3.05, 3.63) is 41.5 Å². The van der Waals surface area contributed by atoms with E-state index in [0.717, 1.165) is 24.2 Å². The SMILES string of the molecule is C[C@@H](C(=O)OCC(=O)Nc1ccc2c(c1)CCC2)N1C(=O)[C@H]2CC=CC[C@H]2C1=O. The number of hydrogen-bond donors (Lipinski definition) is 1. The lowest BCUT2D eigenvalue weighted by Crippen LogP contribution is -2.45. The van der Waals surface area contributed by atoms with Gasteiger partial charge in [0.15, 0.2) is 6.61 Å². The van der Waals surface area contributed by atoms with Gasteiger partial charge in [-0.25, -0.2) is 4.79 Å². The molecule has 2 aliphatic carbocycles. The predicted octanol–water partition coefficient (Wildman–Crippen LogP) is 2.00. The van der Waals surface area contributed by atoms with Gasteiger partial charge >= 0.3 is 5.97 Å². The molecule has 3 aliphatic rings. The number of carbonyl (C=O) groups excluding carboxylic acids is 4. The first-order valence-corrected chi connectivity index (χ1v) is 10.1. The second-order valence-corrected chi connectivity index (χ2v) is 7.87. The van der Waals surface area contributed by atoms with Crippen molar-refractivity contribution in [3.63, 3.8) is 0 Å². The van der Waals surface area contributed by atoms with E-state index in [1.807, 2.05) is 30.4 Å². The Bertz CT molecular complexity index is 880. The summed E-state index contributed by atoms with van der Waals surface area (Å²) in [7, 11) is 0. The van der Waals surface area contributed by atoms with Crippen molar-refractivity contribution >= 4 is 29.4 Å². The molecular formula is C22H24N2O5. The van der Waals surface area contributed by atoms with E-state index in [1.54, 1.807) is 0 Å². The van der Waals surface area contributed by atoms with Crippen LogP contribution < -0.4 is 5.32 Å². The Morgan fingerprint density at radius 1 is 1.10 bits per heavy atom. The first-order chi connectivity index (χ1) is 14.0. The molecule has 1 aromatic rings. The highest BCUT2D eigenvalue weighted by molar-refractivity contribution is 6.08. The smallest absolute Gasteiger partial charge is 0.329 e. The minimum atomic E-state index is -1.05. The lowest BCUT2D eigenvalue weighted by Gasteiger charge is -2.21. The lowest BCUT2D eigenvalue weighted by molar-refractivity contribution is -0.159. The van der Waals surface area contributed by atoms with Crippen LogP contribution in [0, 0.1) is 11.8 Å². The molecule has 0 bridgehead atoms. The summed E-state index contributed by atoms with van der Waals surface area (Å²) in [4.78, 5) is 50.6. The normalized spacial score (nSPS) is 23.6. The number of rotatable bonds is 5. The molecule has 0 saturated carbocycles. The number of ether oxygens (including phenoxy) is 1. The molecule has 3 atom stereocenters. The average molecular weight is 396 g/mol. The van der Waals surface area contributed by atoms with Crippen molar-refractivity contribution in [2.24, 2.45) is 11.8 Å². The number of likely N-dealkylation sites (tertiary alicyclic amines) is 1. The van der Waals surface area contributed by atoms with Gasteiger partial charge in [0.05, 0.1) is 11.8 Å². The van der Waals surface area contributed by atoms with E-state index >= 15 is 0 Å². The molecule has 0 unspecified atom stereocenters. The summed E-state index contributed by atoms with van der Waals surface area (Å²) in [5.74, 6) is -2.69. The third-order valence-corrected chi connectivity index (χ3v) is 6.00. The fourth-order valence-electron chi connectivity index (χ4n) is 4.42. The monoisotopic (exact) mass is 396 g/mol. The number of nitrogens with zero attached hydrogens (tertiary/aromatic N) is 1. The highest BCUT2D eigenvalue weighted by atomic mass is 16.5. The zero-order valence-corrected chi connectivity index (χ0v) is 16.3. The first-order valence-electron chi connectivity index (χ1n) is 10.1. The molecule has 1 saturated heterocycles. The van der Waals surface area contributed by atoms with Crippen LogP contribution in [0.25, 0.3) is 0 Å². The minimum absolute atomic E-state index is 0.337. The van der Waals surface area contributed by atoms with E-state index in [1.165, 1.54) is 18.1 Å². The molecule has 7 nitrogen and oxygen atoms in total. The number of benzene rings is 1. The van der Waals surface area contributed by atoms with Crippen molar-refractivity contribution in [3.8, 4) is 0 Å². The average Bonchev–Trinajstić information content (AvgIpc) is 3.28. The van der Waals surface area contributed by atoms with E-state index in [-0.39, 0.29) is 11.8 Å². The zero-order chi connectivity index (χ0) is 20.5. The minimum Gasteiger partial charge on any atom is -0.454 e. The van der Waals surface area contributed by atoms with Crippen LogP contribution in [0.1, 0.15) is 37.3 Å². The maximum Gasteiger partial charge on any atom is 0.329 e. The number of fused-ring (bicyclic) bond motifs is 2. The van der Waals surface area contributed by atoms with Gasteiger partial charge < -0.3 is 10.1 Å². The molecule has 1 N–H and O–H groups in total. The standard InChI is InChI=1S/C22H24N2O5/c1-13(24-20(26)17-7-2-3-8-18(17)21(24)27)22(28)29-12-19(25)23-16-10-9-14-5-4-6-15(14)11-16/h2-3,9-11,13,17-18H,4-8,12H2,1H3,(H,23,25)/t13-,17-,18+/m0/s1. The molecule has 1 aliphatic heterocycles. The molecule has 1 heterocycles. The van der Waals surface area contributed by atoms with Crippen LogP contribution in [0.15, 0.2) is 30.4 Å². The van der Waals surface area contributed by atoms with E-state index in [0.29, 0.717) is 18.5 Å². The molecule has 0 radical (unpaired) electrons. The van der Waals surface area contributed by atoms with Crippen molar-refractivity contribution in [1.82, 2.24) is 4.90 Å². The topological polar surface area (TPSA) is 92.8 Å². The number of carbonyl (C=O) groups is 4. The number of imide groups is 1. The van der Waals surface area contributed by atoms with Gasteiger partial charge in [0.2, 0.25) is 11.8 Å². The van der Waals surface area contributed by atoms with E-state index in [4.69, 9.17) is 4.74 Å². The Morgan fingerprint density at radius 3 is 2.45 bits per heavy atom.